The van der Waals surface area contributed by atoms with E-state index in [-0.39, 0.29) is 16.9 Å². The van der Waals surface area contributed by atoms with Gasteiger partial charge in [0.05, 0.1) is 0 Å². The number of aromatic nitrogens is 4. The first-order valence-electron chi connectivity index (χ1n) is 8.00. The molecule has 0 aliphatic carbocycles. The summed E-state index contributed by atoms with van der Waals surface area (Å²) in [6.45, 7) is 0.432. The minimum atomic E-state index is -0.703. The molecule has 7 nitrogen and oxygen atoms in total. The van der Waals surface area contributed by atoms with Gasteiger partial charge < -0.3 is 10.7 Å². The molecule has 0 fully saturated rings. The van der Waals surface area contributed by atoms with E-state index in [4.69, 9.17) is 5.73 Å². The fourth-order valence-electron chi connectivity index (χ4n) is 2.82. The Bertz CT molecular complexity index is 1130. The summed E-state index contributed by atoms with van der Waals surface area (Å²) in [5, 5.41) is 3.78. The number of benzene rings is 1. The number of aromatic amines is 1. The smallest absolute Gasteiger partial charge is 0.327 e. The van der Waals surface area contributed by atoms with Gasteiger partial charge in [0.2, 0.25) is 0 Å². The molecular formula is C18H15N5O2S. The Labute approximate surface area is 152 Å². The monoisotopic (exact) mass is 365 g/mol. The Morgan fingerprint density at radius 3 is 2.69 bits per heavy atom. The Morgan fingerprint density at radius 2 is 2.00 bits per heavy atom. The van der Waals surface area contributed by atoms with Gasteiger partial charge in [-0.05, 0) is 23.4 Å². The van der Waals surface area contributed by atoms with Crippen molar-refractivity contribution in [2.45, 2.75) is 13.0 Å². The average molecular weight is 365 g/mol. The first-order chi connectivity index (χ1) is 12.6. The number of hydrogen-bond acceptors (Lipinski definition) is 5. The summed E-state index contributed by atoms with van der Waals surface area (Å²) in [5.74, 6) is -0.328. The van der Waals surface area contributed by atoms with Gasteiger partial charge in [0.15, 0.2) is 17.2 Å². The Balaban J connectivity index is 1.83. The molecule has 8 heteroatoms. The molecule has 130 valence electrons. The number of fused-ring (bicyclic) bond motifs is 1. The minimum Gasteiger partial charge on any atom is -0.364 e. The number of thiophene rings is 1. The number of nitrogens with zero attached hydrogens (tertiary/aromatic N) is 3. The molecule has 0 aliphatic heterocycles. The maximum atomic E-state index is 12.4. The zero-order valence-corrected chi connectivity index (χ0v) is 14.5. The molecule has 26 heavy (non-hydrogen) atoms. The van der Waals surface area contributed by atoms with E-state index < -0.39 is 5.91 Å². The molecule has 0 saturated carbocycles. The van der Waals surface area contributed by atoms with Gasteiger partial charge in [-0.3, -0.25) is 9.36 Å². The van der Waals surface area contributed by atoms with E-state index in [1.165, 1.54) is 15.9 Å². The molecular weight excluding hydrogens is 350 g/mol. The third-order valence-corrected chi connectivity index (χ3v) is 4.79. The topological polar surface area (TPSA) is 107 Å². The number of H-pyrrole nitrogens is 1. The normalized spacial score (nSPS) is 11.1. The van der Waals surface area contributed by atoms with Crippen molar-refractivity contribution in [3.05, 3.63) is 68.9 Å². The van der Waals surface area contributed by atoms with Gasteiger partial charge in [0.1, 0.15) is 5.52 Å². The molecule has 3 N–H and O–H groups in total. The highest BCUT2D eigenvalue weighted by Gasteiger charge is 2.19. The zero-order valence-electron chi connectivity index (χ0n) is 13.7. The van der Waals surface area contributed by atoms with E-state index in [9.17, 15) is 9.59 Å². The first kappa shape index (κ1) is 16.2. The van der Waals surface area contributed by atoms with E-state index in [2.05, 4.69) is 15.0 Å². The highest BCUT2D eigenvalue weighted by Crippen LogP contribution is 2.22. The molecule has 0 bridgehead atoms. The lowest BCUT2D eigenvalue weighted by atomic mass is 10.1. The van der Waals surface area contributed by atoms with E-state index in [0.717, 1.165) is 11.1 Å². The number of hydrogen-bond donors (Lipinski definition) is 2. The summed E-state index contributed by atoms with van der Waals surface area (Å²) in [4.78, 5) is 35.7. The summed E-state index contributed by atoms with van der Waals surface area (Å²) in [6.07, 6.45) is 0.664. The summed E-state index contributed by atoms with van der Waals surface area (Å²) in [7, 11) is 0. The van der Waals surface area contributed by atoms with Crippen molar-refractivity contribution >= 4 is 28.4 Å². The van der Waals surface area contributed by atoms with Crippen LogP contribution < -0.4 is 11.4 Å². The van der Waals surface area contributed by atoms with Crippen molar-refractivity contribution in [3.63, 3.8) is 0 Å². The molecule has 0 aliphatic rings. The van der Waals surface area contributed by atoms with E-state index >= 15 is 0 Å². The lowest BCUT2D eigenvalue weighted by Gasteiger charge is -2.06. The predicted molar refractivity (Wildman–Crippen MR) is 100 cm³/mol. The van der Waals surface area contributed by atoms with Crippen LogP contribution in [0.2, 0.25) is 0 Å². The number of carbonyl (C=O) groups is 1. The number of carbonyl (C=O) groups excluding carboxylic acids is 1. The van der Waals surface area contributed by atoms with Crippen LogP contribution in [0.3, 0.4) is 0 Å². The number of amides is 1. The first-order valence-corrected chi connectivity index (χ1v) is 8.94. The number of primary amides is 1. The Kier molecular flexibility index (Phi) is 4.10. The van der Waals surface area contributed by atoms with Crippen molar-refractivity contribution < 1.29 is 4.79 Å². The van der Waals surface area contributed by atoms with Crippen LogP contribution in [0.4, 0.5) is 0 Å². The standard InChI is InChI=1S/C18H15N5O2S/c19-15(24)13-14-17(22-16(20-13)12-7-9-26-10-12)23(18(25)21-14)8-6-11-4-2-1-3-5-11/h1-5,7,9-10H,6,8H2,(H2,19,24)(H,21,25). The molecule has 0 atom stereocenters. The van der Waals surface area contributed by atoms with Gasteiger partial charge in [-0.15, -0.1) is 0 Å². The molecule has 0 radical (unpaired) electrons. The van der Waals surface area contributed by atoms with Gasteiger partial charge >= 0.3 is 5.69 Å². The molecule has 0 saturated heterocycles. The van der Waals surface area contributed by atoms with Gasteiger partial charge in [-0.1, -0.05) is 30.3 Å². The molecule has 0 unspecified atom stereocenters. The number of nitrogens with two attached hydrogens (primary N) is 1. The summed E-state index contributed by atoms with van der Waals surface area (Å²) in [6, 6.07) is 11.7. The second-order valence-corrected chi connectivity index (χ2v) is 6.57. The summed E-state index contributed by atoms with van der Waals surface area (Å²) < 4.78 is 1.52. The van der Waals surface area contributed by atoms with Crippen LogP contribution in [-0.2, 0) is 13.0 Å². The maximum Gasteiger partial charge on any atom is 0.327 e. The third-order valence-electron chi connectivity index (χ3n) is 4.10. The fraction of sp³-hybridized carbons (Fsp3) is 0.111. The summed E-state index contributed by atoms with van der Waals surface area (Å²) in [5.41, 5.74) is 7.70. The number of rotatable bonds is 5. The molecule has 1 amide bonds. The molecule has 3 aromatic heterocycles. The maximum absolute atomic E-state index is 12.4. The van der Waals surface area contributed by atoms with Gasteiger partial charge in [0.25, 0.3) is 5.91 Å². The lowest BCUT2D eigenvalue weighted by Crippen LogP contribution is -2.18. The van der Waals surface area contributed by atoms with Crippen molar-refractivity contribution in [2.75, 3.05) is 0 Å². The van der Waals surface area contributed by atoms with Crippen LogP contribution >= 0.6 is 11.3 Å². The lowest BCUT2D eigenvalue weighted by molar-refractivity contribution is 0.0997. The van der Waals surface area contributed by atoms with Gasteiger partial charge in [0, 0.05) is 17.5 Å². The Morgan fingerprint density at radius 1 is 1.19 bits per heavy atom. The van der Waals surface area contributed by atoms with Crippen LogP contribution in [-0.4, -0.2) is 25.4 Å². The van der Waals surface area contributed by atoms with Gasteiger partial charge in [-0.2, -0.15) is 11.3 Å². The van der Waals surface area contributed by atoms with E-state index in [0.29, 0.717) is 24.4 Å². The molecule has 3 heterocycles. The third kappa shape index (κ3) is 2.91. The predicted octanol–water partition coefficient (Wildman–Crippen LogP) is 2.19. The molecule has 4 aromatic rings. The zero-order chi connectivity index (χ0) is 18.1. The quantitative estimate of drug-likeness (QED) is 0.565. The molecule has 4 rings (SSSR count). The van der Waals surface area contributed by atoms with Crippen LogP contribution in [0.5, 0.6) is 0 Å². The van der Waals surface area contributed by atoms with Crippen molar-refractivity contribution in [1.29, 1.82) is 0 Å². The second-order valence-electron chi connectivity index (χ2n) is 5.79. The highest BCUT2D eigenvalue weighted by atomic mass is 32.1. The fourth-order valence-corrected chi connectivity index (χ4v) is 3.46. The summed E-state index contributed by atoms with van der Waals surface area (Å²) >= 11 is 1.50. The van der Waals surface area contributed by atoms with Gasteiger partial charge in [-0.25, -0.2) is 14.8 Å². The van der Waals surface area contributed by atoms with E-state index in [1.807, 2.05) is 47.2 Å². The van der Waals surface area contributed by atoms with Crippen molar-refractivity contribution in [2.24, 2.45) is 5.73 Å². The van der Waals surface area contributed by atoms with Crippen LogP contribution in [0.1, 0.15) is 16.1 Å². The molecule has 1 aromatic carbocycles. The van der Waals surface area contributed by atoms with E-state index in [1.54, 1.807) is 0 Å². The van der Waals surface area contributed by atoms with Crippen LogP contribution in [0, 0.1) is 0 Å². The van der Waals surface area contributed by atoms with Crippen LogP contribution in [0.15, 0.2) is 52.0 Å². The second kappa shape index (κ2) is 6.57. The number of nitrogens with one attached hydrogen (secondary N) is 1. The largest absolute Gasteiger partial charge is 0.364 e. The van der Waals surface area contributed by atoms with Crippen molar-refractivity contribution in [1.82, 2.24) is 19.5 Å². The van der Waals surface area contributed by atoms with Crippen LogP contribution in [0.25, 0.3) is 22.6 Å². The SMILES string of the molecule is NC(=O)c1nc(-c2ccsc2)nc2c1[nH]c(=O)n2CCc1ccccc1. The molecule has 0 spiro atoms. The number of imidazole rings is 1. The highest BCUT2D eigenvalue weighted by molar-refractivity contribution is 7.08. The average Bonchev–Trinajstić information content (AvgIpc) is 3.27. The number of aryl methyl sites for hydroxylation is 2. The Hall–Kier alpha value is -3.26. The minimum absolute atomic E-state index is 0.0201. The van der Waals surface area contributed by atoms with Crippen molar-refractivity contribution in [3.8, 4) is 11.4 Å².